The molecule has 2 aromatic rings. The average molecular weight is 261 g/mol. The summed E-state index contributed by atoms with van der Waals surface area (Å²) in [5.41, 5.74) is 12.6. The molecular formula is C12H15N5O2. The third-order valence-corrected chi connectivity index (χ3v) is 2.66. The third-order valence-electron chi connectivity index (χ3n) is 2.66. The average Bonchev–Trinajstić information content (AvgIpc) is 2.77. The van der Waals surface area contributed by atoms with Gasteiger partial charge in [0.05, 0.1) is 5.56 Å². The van der Waals surface area contributed by atoms with E-state index in [-0.39, 0.29) is 12.5 Å². The molecule has 0 saturated carbocycles. The van der Waals surface area contributed by atoms with Gasteiger partial charge >= 0.3 is 6.03 Å². The van der Waals surface area contributed by atoms with Gasteiger partial charge in [-0.3, -0.25) is 4.79 Å². The maximum absolute atomic E-state index is 12.0. The Morgan fingerprint density at radius 1 is 1.21 bits per heavy atom. The fourth-order valence-electron chi connectivity index (χ4n) is 1.78. The van der Waals surface area contributed by atoms with Crippen molar-refractivity contribution in [2.24, 2.45) is 5.73 Å². The summed E-state index contributed by atoms with van der Waals surface area (Å²) < 4.78 is 0. The van der Waals surface area contributed by atoms with Gasteiger partial charge in [0.1, 0.15) is 0 Å². The Balaban J connectivity index is 2.05. The maximum Gasteiger partial charge on any atom is 0.312 e. The van der Waals surface area contributed by atoms with Crippen molar-refractivity contribution in [2.75, 3.05) is 18.8 Å². The number of hydrogen-bond acceptors (Lipinski definition) is 3. The molecule has 1 aromatic carbocycles. The van der Waals surface area contributed by atoms with Crippen LogP contribution in [0.25, 0.3) is 10.9 Å². The number of hydrogen-bond donors (Lipinski definition) is 5. The zero-order valence-corrected chi connectivity index (χ0v) is 10.2. The van der Waals surface area contributed by atoms with Gasteiger partial charge in [-0.2, -0.15) is 0 Å². The summed E-state index contributed by atoms with van der Waals surface area (Å²) in [6, 6.07) is 4.70. The molecule has 0 saturated heterocycles. The molecule has 0 radical (unpaired) electrons. The molecule has 7 heteroatoms. The van der Waals surface area contributed by atoms with Crippen LogP contribution in [-0.2, 0) is 0 Å². The summed E-state index contributed by atoms with van der Waals surface area (Å²) in [6.07, 6.45) is 1.63. The van der Waals surface area contributed by atoms with E-state index in [1.807, 2.05) is 6.07 Å². The minimum Gasteiger partial charge on any atom is -0.399 e. The highest BCUT2D eigenvalue weighted by Crippen LogP contribution is 2.20. The summed E-state index contributed by atoms with van der Waals surface area (Å²) >= 11 is 0. The summed E-state index contributed by atoms with van der Waals surface area (Å²) in [6.45, 7) is 0.586. The van der Waals surface area contributed by atoms with E-state index in [4.69, 9.17) is 11.5 Å². The minimum absolute atomic E-state index is 0.233. The number of benzene rings is 1. The number of urea groups is 1. The van der Waals surface area contributed by atoms with Crippen LogP contribution < -0.4 is 22.1 Å². The van der Waals surface area contributed by atoms with E-state index in [9.17, 15) is 9.59 Å². The number of rotatable bonds is 4. The molecule has 7 N–H and O–H groups in total. The standard InChI is InChI=1S/C12H15N5O2/c13-7-1-2-10-8(5-7)9(6-17-10)11(18)15-3-4-16-12(14)19/h1-2,5-6,17H,3-4,13H2,(H,15,18)(H3,14,16,19). The van der Waals surface area contributed by atoms with Gasteiger partial charge in [-0.15, -0.1) is 0 Å². The number of H-pyrrole nitrogens is 1. The highest BCUT2D eigenvalue weighted by Gasteiger charge is 2.11. The van der Waals surface area contributed by atoms with Crippen LogP contribution in [0.1, 0.15) is 10.4 Å². The Morgan fingerprint density at radius 2 is 1.95 bits per heavy atom. The summed E-state index contributed by atoms with van der Waals surface area (Å²) in [7, 11) is 0. The van der Waals surface area contributed by atoms with E-state index in [0.717, 1.165) is 10.9 Å². The first kappa shape index (κ1) is 12.7. The number of aromatic amines is 1. The highest BCUT2D eigenvalue weighted by molar-refractivity contribution is 6.07. The molecule has 1 aromatic heterocycles. The van der Waals surface area contributed by atoms with Crippen molar-refractivity contribution >= 4 is 28.5 Å². The zero-order chi connectivity index (χ0) is 13.8. The second-order valence-corrected chi connectivity index (χ2v) is 4.05. The quantitative estimate of drug-likeness (QED) is 0.397. The van der Waals surface area contributed by atoms with Crippen LogP contribution in [0.5, 0.6) is 0 Å². The second kappa shape index (κ2) is 5.30. The zero-order valence-electron chi connectivity index (χ0n) is 10.2. The van der Waals surface area contributed by atoms with Gasteiger partial charge < -0.3 is 27.1 Å². The fraction of sp³-hybridized carbons (Fsp3) is 0.167. The number of nitrogens with two attached hydrogens (primary N) is 2. The number of fused-ring (bicyclic) bond motifs is 1. The lowest BCUT2D eigenvalue weighted by molar-refractivity contribution is 0.0955. The molecule has 0 aliphatic rings. The van der Waals surface area contributed by atoms with E-state index < -0.39 is 6.03 Å². The molecule has 19 heavy (non-hydrogen) atoms. The molecule has 0 bridgehead atoms. The summed E-state index contributed by atoms with van der Waals surface area (Å²) in [4.78, 5) is 25.4. The van der Waals surface area contributed by atoms with Crippen molar-refractivity contribution in [2.45, 2.75) is 0 Å². The molecule has 0 spiro atoms. The highest BCUT2D eigenvalue weighted by atomic mass is 16.2. The summed E-state index contributed by atoms with van der Waals surface area (Å²) in [5, 5.41) is 5.83. The van der Waals surface area contributed by atoms with E-state index in [0.29, 0.717) is 17.8 Å². The van der Waals surface area contributed by atoms with Crippen LogP contribution in [0.4, 0.5) is 10.5 Å². The van der Waals surface area contributed by atoms with E-state index in [1.165, 1.54) is 0 Å². The van der Waals surface area contributed by atoms with Crippen molar-refractivity contribution in [3.63, 3.8) is 0 Å². The van der Waals surface area contributed by atoms with Crippen LogP contribution >= 0.6 is 0 Å². The van der Waals surface area contributed by atoms with Crippen molar-refractivity contribution < 1.29 is 9.59 Å². The van der Waals surface area contributed by atoms with Gasteiger partial charge in [-0.05, 0) is 18.2 Å². The van der Waals surface area contributed by atoms with E-state index >= 15 is 0 Å². The molecule has 100 valence electrons. The Hall–Kier alpha value is -2.70. The largest absolute Gasteiger partial charge is 0.399 e. The van der Waals surface area contributed by atoms with E-state index in [2.05, 4.69) is 15.6 Å². The smallest absolute Gasteiger partial charge is 0.312 e. The second-order valence-electron chi connectivity index (χ2n) is 4.05. The number of carbonyl (C=O) groups excluding carboxylic acids is 2. The van der Waals surface area contributed by atoms with Gasteiger partial charge in [-0.1, -0.05) is 0 Å². The molecule has 0 fully saturated rings. The molecule has 2 rings (SSSR count). The van der Waals surface area contributed by atoms with E-state index in [1.54, 1.807) is 18.3 Å². The topological polar surface area (TPSA) is 126 Å². The SMILES string of the molecule is NC(=O)NCCNC(=O)c1c[nH]c2ccc(N)cc12. The fourth-order valence-corrected chi connectivity index (χ4v) is 1.78. The van der Waals surface area contributed by atoms with Crippen LogP contribution in [0, 0.1) is 0 Å². The summed E-state index contributed by atoms with van der Waals surface area (Å²) in [5.74, 6) is -0.233. The molecule has 1 heterocycles. The molecule has 0 aliphatic carbocycles. The van der Waals surface area contributed by atoms with Gasteiger partial charge in [0.25, 0.3) is 5.91 Å². The van der Waals surface area contributed by atoms with Crippen LogP contribution in [0.2, 0.25) is 0 Å². The first-order valence-corrected chi connectivity index (χ1v) is 5.76. The Labute approximate surface area is 109 Å². The van der Waals surface area contributed by atoms with Crippen LogP contribution in [-0.4, -0.2) is 30.0 Å². The van der Waals surface area contributed by atoms with Crippen molar-refractivity contribution in [3.05, 3.63) is 30.0 Å². The van der Waals surface area contributed by atoms with Gasteiger partial charge in [0, 0.05) is 35.9 Å². The number of anilines is 1. The molecular weight excluding hydrogens is 246 g/mol. The van der Waals surface area contributed by atoms with Crippen molar-refractivity contribution in [1.29, 1.82) is 0 Å². The first-order valence-electron chi connectivity index (χ1n) is 5.76. The number of nitrogen functional groups attached to an aromatic ring is 1. The molecule has 0 unspecified atom stereocenters. The van der Waals surface area contributed by atoms with Gasteiger partial charge in [0.15, 0.2) is 0 Å². The van der Waals surface area contributed by atoms with Crippen LogP contribution in [0.15, 0.2) is 24.4 Å². The lowest BCUT2D eigenvalue weighted by atomic mass is 10.1. The number of nitrogens with one attached hydrogen (secondary N) is 3. The Bertz CT molecular complexity index is 620. The minimum atomic E-state index is -0.617. The number of carbonyl (C=O) groups is 2. The number of primary amides is 1. The Morgan fingerprint density at radius 3 is 2.68 bits per heavy atom. The predicted molar refractivity (Wildman–Crippen MR) is 72.6 cm³/mol. The molecule has 0 atom stereocenters. The lowest BCUT2D eigenvalue weighted by Gasteiger charge is -2.04. The van der Waals surface area contributed by atoms with Gasteiger partial charge in [-0.25, -0.2) is 4.79 Å². The maximum atomic E-state index is 12.0. The molecule has 3 amide bonds. The van der Waals surface area contributed by atoms with Crippen LogP contribution in [0.3, 0.4) is 0 Å². The van der Waals surface area contributed by atoms with Crippen molar-refractivity contribution in [1.82, 2.24) is 15.6 Å². The number of aromatic nitrogens is 1. The van der Waals surface area contributed by atoms with Gasteiger partial charge in [0.2, 0.25) is 0 Å². The number of amides is 3. The monoisotopic (exact) mass is 261 g/mol. The molecule has 0 aliphatic heterocycles. The molecule has 7 nitrogen and oxygen atoms in total. The van der Waals surface area contributed by atoms with Crippen molar-refractivity contribution in [3.8, 4) is 0 Å². The normalized spacial score (nSPS) is 10.3. The third kappa shape index (κ3) is 2.95. The predicted octanol–water partition coefficient (Wildman–Crippen LogP) is 0.148. The first-order chi connectivity index (χ1) is 9.08. The lowest BCUT2D eigenvalue weighted by Crippen LogP contribution is -2.37. The Kier molecular flexibility index (Phi) is 3.56.